The van der Waals surface area contributed by atoms with E-state index < -0.39 is 17.1 Å². The van der Waals surface area contributed by atoms with E-state index in [4.69, 9.17) is 16.7 Å². The van der Waals surface area contributed by atoms with Crippen LogP contribution in [0.2, 0.25) is 0 Å². The number of hydrogen-bond acceptors (Lipinski definition) is 1. The second kappa shape index (κ2) is 4.77. The Labute approximate surface area is 76.0 Å². The van der Waals surface area contributed by atoms with Crippen LogP contribution in [0, 0.1) is 0 Å². The molecule has 0 aromatic heterocycles. The van der Waals surface area contributed by atoms with Gasteiger partial charge in [0.05, 0.1) is 0 Å². The average Bonchev–Trinajstić information content (AvgIpc) is 1.99. The molecule has 1 nitrogen and oxygen atoms in total. The molecule has 0 spiro atoms. The van der Waals surface area contributed by atoms with E-state index in [0.717, 1.165) is 0 Å². The minimum Gasteiger partial charge on any atom is -0.381 e. The highest BCUT2D eigenvalue weighted by Crippen LogP contribution is 2.30. The van der Waals surface area contributed by atoms with Crippen molar-refractivity contribution in [2.45, 2.75) is 38.2 Å². The van der Waals surface area contributed by atoms with Crippen LogP contribution in [0.4, 0.5) is 8.78 Å². The van der Waals surface area contributed by atoms with E-state index >= 15 is 0 Å². The average molecular weight is 199 g/mol. The van der Waals surface area contributed by atoms with E-state index in [1.807, 2.05) is 0 Å². The molecule has 1 atom stereocenters. The molecule has 0 aliphatic heterocycles. The van der Waals surface area contributed by atoms with Crippen molar-refractivity contribution >= 4 is 11.6 Å². The molecule has 0 aliphatic rings. The van der Waals surface area contributed by atoms with Gasteiger partial charge in [-0.05, 0) is 6.42 Å². The minimum atomic E-state index is -3.14. The Hall–Kier alpha value is -0.150. The first-order chi connectivity index (χ1) is 5.41. The van der Waals surface area contributed by atoms with Gasteiger partial charge in [0.1, 0.15) is 0 Å². The Bertz CT molecular complexity index is 159. The third-order valence-electron chi connectivity index (χ3n) is 1.56. The third-order valence-corrected chi connectivity index (χ3v) is 1.77. The summed E-state index contributed by atoms with van der Waals surface area (Å²) in [5.74, 6) is -3.14. The van der Waals surface area contributed by atoms with Gasteiger partial charge in [0.2, 0.25) is 0 Å². The highest BCUT2D eigenvalue weighted by molar-refractivity contribution is 6.29. The van der Waals surface area contributed by atoms with E-state index in [1.54, 1.807) is 6.92 Å². The van der Waals surface area contributed by atoms with Gasteiger partial charge >= 0.3 is 0 Å². The quantitative estimate of drug-likeness (QED) is 0.720. The van der Waals surface area contributed by atoms with Crippen LogP contribution in [-0.4, -0.2) is 17.1 Å². The maximum atomic E-state index is 12.9. The summed E-state index contributed by atoms with van der Waals surface area (Å²) in [6.45, 7) is 4.87. The lowest BCUT2D eigenvalue weighted by molar-refractivity contribution is -0.0946. The Morgan fingerprint density at radius 1 is 1.67 bits per heavy atom. The zero-order valence-corrected chi connectivity index (χ0v) is 7.74. The predicted octanol–water partition coefficient (Wildman–Crippen LogP) is 2.93. The monoisotopic (exact) mass is 198 g/mol. The maximum Gasteiger partial charge on any atom is 0.278 e. The highest BCUT2D eigenvalue weighted by Gasteiger charge is 2.38. The van der Waals surface area contributed by atoms with E-state index in [1.165, 1.54) is 0 Å². The van der Waals surface area contributed by atoms with Gasteiger partial charge in [-0.2, -0.15) is 0 Å². The van der Waals surface area contributed by atoms with Crippen molar-refractivity contribution in [1.82, 2.24) is 0 Å². The molecule has 1 unspecified atom stereocenters. The van der Waals surface area contributed by atoms with Gasteiger partial charge in [-0.25, -0.2) is 8.78 Å². The van der Waals surface area contributed by atoms with Crippen molar-refractivity contribution in [3.8, 4) is 0 Å². The van der Waals surface area contributed by atoms with Crippen molar-refractivity contribution in [2.75, 3.05) is 0 Å². The Morgan fingerprint density at radius 3 is 2.50 bits per heavy atom. The summed E-state index contributed by atoms with van der Waals surface area (Å²) >= 11 is 5.17. The van der Waals surface area contributed by atoms with Crippen molar-refractivity contribution in [2.24, 2.45) is 0 Å². The largest absolute Gasteiger partial charge is 0.381 e. The number of rotatable bonds is 5. The van der Waals surface area contributed by atoms with E-state index in [2.05, 4.69) is 6.58 Å². The maximum absolute atomic E-state index is 12.9. The van der Waals surface area contributed by atoms with Crippen LogP contribution in [-0.2, 0) is 0 Å². The second-order valence-corrected chi connectivity index (χ2v) is 3.20. The van der Waals surface area contributed by atoms with Gasteiger partial charge in [-0.15, -0.1) is 0 Å². The van der Waals surface area contributed by atoms with Gasteiger partial charge in [0.25, 0.3) is 5.92 Å². The summed E-state index contributed by atoms with van der Waals surface area (Å²) < 4.78 is 25.7. The molecule has 12 heavy (non-hydrogen) atoms. The summed E-state index contributed by atoms with van der Waals surface area (Å²) in [5.41, 5.74) is 0. The van der Waals surface area contributed by atoms with E-state index in [-0.39, 0.29) is 6.42 Å². The molecule has 0 aliphatic carbocycles. The lowest BCUT2D eigenvalue weighted by Crippen LogP contribution is -2.33. The Morgan fingerprint density at radius 2 is 2.17 bits per heavy atom. The first-order valence-corrected chi connectivity index (χ1v) is 4.19. The lowest BCUT2D eigenvalue weighted by atomic mass is 10.1. The molecule has 0 saturated heterocycles. The molecule has 0 fully saturated rings. The van der Waals surface area contributed by atoms with Crippen molar-refractivity contribution in [3.63, 3.8) is 0 Å². The number of alkyl halides is 2. The van der Waals surface area contributed by atoms with Crippen LogP contribution in [0.5, 0.6) is 0 Å². The summed E-state index contributed by atoms with van der Waals surface area (Å²) in [5, 5.41) is 8.49. The van der Waals surface area contributed by atoms with Gasteiger partial charge in [0, 0.05) is 11.5 Å². The standard InChI is InChI=1S/C8H13ClF2O/c1-3-4-5-8(10,11)7(12)6(2)9/h7,12H,2-5H2,1H3. The summed E-state index contributed by atoms with van der Waals surface area (Å²) in [4.78, 5) is 0. The molecule has 0 aromatic rings. The van der Waals surface area contributed by atoms with Gasteiger partial charge in [-0.3, -0.25) is 0 Å². The van der Waals surface area contributed by atoms with Crippen LogP contribution in [0.3, 0.4) is 0 Å². The van der Waals surface area contributed by atoms with Crippen molar-refractivity contribution in [3.05, 3.63) is 11.6 Å². The first-order valence-electron chi connectivity index (χ1n) is 3.82. The SMILES string of the molecule is C=C(Cl)C(O)C(F)(F)CCCC. The molecular weight excluding hydrogens is 186 g/mol. The second-order valence-electron chi connectivity index (χ2n) is 2.71. The Kier molecular flexibility index (Phi) is 4.71. The molecule has 0 amide bonds. The molecule has 0 saturated carbocycles. The van der Waals surface area contributed by atoms with E-state index in [9.17, 15) is 8.78 Å². The number of aliphatic hydroxyl groups is 1. The molecule has 0 bridgehead atoms. The fourth-order valence-corrected chi connectivity index (χ4v) is 0.938. The van der Waals surface area contributed by atoms with Crippen LogP contribution in [0.15, 0.2) is 11.6 Å². The number of hydrogen-bond donors (Lipinski definition) is 1. The van der Waals surface area contributed by atoms with Gasteiger partial charge in [0.15, 0.2) is 6.10 Å². The zero-order chi connectivity index (χ0) is 9.78. The molecule has 0 rings (SSSR count). The summed E-state index contributed by atoms with van der Waals surface area (Å²) in [7, 11) is 0. The predicted molar refractivity (Wildman–Crippen MR) is 45.5 cm³/mol. The van der Waals surface area contributed by atoms with Gasteiger partial charge < -0.3 is 5.11 Å². The topological polar surface area (TPSA) is 20.2 Å². The molecule has 0 heterocycles. The number of aliphatic hydroxyl groups excluding tert-OH is 1. The zero-order valence-electron chi connectivity index (χ0n) is 6.99. The molecule has 72 valence electrons. The third kappa shape index (κ3) is 3.50. The van der Waals surface area contributed by atoms with Crippen molar-refractivity contribution < 1.29 is 13.9 Å². The molecule has 4 heteroatoms. The summed E-state index contributed by atoms with van der Waals surface area (Å²) in [6, 6.07) is 0. The van der Waals surface area contributed by atoms with Gasteiger partial charge in [-0.1, -0.05) is 31.5 Å². The number of halogens is 3. The van der Waals surface area contributed by atoms with Crippen LogP contribution in [0.25, 0.3) is 0 Å². The molecular formula is C8H13ClF2O. The number of unbranched alkanes of at least 4 members (excludes halogenated alkanes) is 1. The fraction of sp³-hybridized carbons (Fsp3) is 0.750. The minimum absolute atomic E-state index is 0.351. The van der Waals surface area contributed by atoms with Crippen LogP contribution >= 0.6 is 11.6 Å². The fourth-order valence-electron chi connectivity index (χ4n) is 0.778. The summed E-state index contributed by atoms with van der Waals surface area (Å²) in [6.07, 6.45) is -1.24. The molecule has 0 aromatic carbocycles. The smallest absolute Gasteiger partial charge is 0.278 e. The highest BCUT2D eigenvalue weighted by atomic mass is 35.5. The molecule has 1 N–H and O–H groups in total. The molecule has 0 radical (unpaired) electrons. The van der Waals surface area contributed by atoms with Crippen molar-refractivity contribution in [1.29, 1.82) is 0 Å². The first kappa shape index (κ1) is 11.8. The van der Waals surface area contributed by atoms with E-state index in [0.29, 0.717) is 12.8 Å². The lowest BCUT2D eigenvalue weighted by Gasteiger charge is -2.21. The van der Waals surface area contributed by atoms with Crippen LogP contribution in [0.1, 0.15) is 26.2 Å². The Balaban J connectivity index is 4.08. The normalized spacial score (nSPS) is 14.4. The van der Waals surface area contributed by atoms with Crippen LogP contribution < -0.4 is 0 Å².